The van der Waals surface area contributed by atoms with E-state index in [2.05, 4.69) is 10.2 Å². The summed E-state index contributed by atoms with van der Waals surface area (Å²) in [4.78, 5) is 14.7. The summed E-state index contributed by atoms with van der Waals surface area (Å²) in [6.07, 6.45) is 6.22. The molecule has 1 saturated carbocycles. The zero-order chi connectivity index (χ0) is 17.8. The van der Waals surface area contributed by atoms with E-state index in [1.165, 1.54) is 12.8 Å². The van der Waals surface area contributed by atoms with Crippen LogP contribution in [0.5, 0.6) is 0 Å². The third kappa shape index (κ3) is 4.91. The fraction of sp³-hybridized carbons (Fsp3) is 0.389. The highest BCUT2D eigenvalue weighted by Gasteiger charge is 2.25. The van der Waals surface area contributed by atoms with Gasteiger partial charge in [0.1, 0.15) is 5.76 Å². The average Bonchev–Trinajstić information content (AvgIpc) is 3.23. The van der Waals surface area contributed by atoms with Crippen molar-refractivity contribution in [3.8, 4) is 0 Å². The van der Waals surface area contributed by atoms with Gasteiger partial charge in [0, 0.05) is 11.1 Å². The lowest BCUT2D eigenvalue weighted by Crippen LogP contribution is -2.39. The summed E-state index contributed by atoms with van der Waals surface area (Å²) in [6.45, 7) is 0.855. The molecule has 1 amide bonds. The van der Waals surface area contributed by atoms with Crippen molar-refractivity contribution < 1.29 is 9.21 Å². The Morgan fingerprint density at radius 1 is 1.20 bits per heavy atom. The number of anilines is 1. The zero-order valence-corrected chi connectivity index (χ0v) is 15.9. The van der Waals surface area contributed by atoms with Gasteiger partial charge in [-0.25, -0.2) is 0 Å². The SMILES string of the molecule is O=C(CN(Cc1ccco1)C1CCCC1)Nc1c(Cl)cc(Cl)cc1Cl. The second-order valence-electron chi connectivity index (χ2n) is 6.22. The molecule has 1 fully saturated rings. The van der Waals surface area contributed by atoms with Crippen LogP contribution in [0.25, 0.3) is 0 Å². The first-order valence-electron chi connectivity index (χ1n) is 8.24. The van der Waals surface area contributed by atoms with Crippen molar-refractivity contribution in [1.29, 1.82) is 0 Å². The molecule has 0 unspecified atom stereocenters. The second-order valence-corrected chi connectivity index (χ2v) is 7.47. The molecular weight excluding hydrogens is 383 g/mol. The number of hydrogen-bond donors (Lipinski definition) is 1. The van der Waals surface area contributed by atoms with Crippen molar-refractivity contribution >= 4 is 46.4 Å². The molecule has 0 saturated heterocycles. The van der Waals surface area contributed by atoms with Gasteiger partial charge in [-0.2, -0.15) is 0 Å². The van der Waals surface area contributed by atoms with E-state index in [0.717, 1.165) is 18.6 Å². The predicted octanol–water partition coefficient (Wildman–Crippen LogP) is 5.62. The average molecular weight is 402 g/mol. The van der Waals surface area contributed by atoms with Gasteiger partial charge >= 0.3 is 0 Å². The van der Waals surface area contributed by atoms with E-state index in [0.29, 0.717) is 33.3 Å². The molecule has 25 heavy (non-hydrogen) atoms. The summed E-state index contributed by atoms with van der Waals surface area (Å²) in [7, 11) is 0. The third-order valence-corrected chi connectivity index (χ3v) is 5.21. The van der Waals surface area contributed by atoms with Crippen LogP contribution >= 0.6 is 34.8 Å². The third-order valence-electron chi connectivity index (χ3n) is 4.40. The molecule has 0 radical (unpaired) electrons. The largest absolute Gasteiger partial charge is 0.468 e. The number of rotatable bonds is 6. The Labute approximate surface area is 162 Å². The van der Waals surface area contributed by atoms with Gasteiger partial charge in [0.15, 0.2) is 0 Å². The van der Waals surface area contributed by atoms with Crippen molar-refractivity contribution in [1.82, 2.24) is 4.90 Å². The van der Waals surface area contributed by atoms with Crippen LogP contribution in [0.3, 0.4) is 0 Å². The molecule has 7 heteroatoms. The van der Waals surface area contributed by atoms with Gasteiger partial charge in [0.2, 0.25) is 5.91 Å². The van der Waals surface area contributed by atoms with Gasteiger partial charge in [-0.05, 0) is 37.1 Å². The van der Waals surface area contributed by atoms with Crippen LogP contribution in [-0.4, -0.2) is 23.4 Å². The Balaban J connectivity index is 1.69. The van der Waals surface area contributed by atoms with Crippen LogP contribution in [0, 0.1) is 0 Å². The molecule has 1 aromatic heterocycles. The summed E-state index contributed by atoms with van der Waals surface area (Å²) < 4.78 is 5.44. The van der Waals surface area contributed by atoms with Crippen molar-refractivity contribution in [3.05, 3.63) is 51.4 Å². The zero-order valence-electron chi connectivity index (χ0n) is 13.6. The monoisotopic (exact) mass is 400 g/mol. The Kier molecular flexibility index (Phi) is 6.29. The molecule has 0 spiro atoms. The highest BCUT2D eigenvalue weighted by molar-refractivity contribution is 6.42. The number of carbonyl (C=O) groups excluding carboxylic acids is 1. The lowest BCUT2D eigenvalue weighted by Gasteiger charge is -2.27. The number of nitrogens with one attached hydrogen (secondary N) is 1. The van der Waals surface area contributed by atoms with E-state index in [1.54, 1.807) is 18.4 Å². The summed E-state index contributed by atoms with van der Waals surface area (Å²) in [6, 6.07) is 7.28. The van der Waals surface area contributed by atoms with Gasteiger partial charge in [-0.1, -0.05) is 47.6 Å². The van der Waals surface area contributed by atoms with Crippen molar-refractivity contribution in [2.45, 2.75) is 38.3 Å². The number of benzene rings is 1. The van der Waals surface area contributed by atoms with Crippen LogP contribution in [0.15, 0.2) is 34.9 Å². The molecule has 1 aliphatic carbocycles. The molecule has 2 aromatic rings. The lowest BCUT2D eigenvalue weighted by atomic mass is 10.2. The lowest BCUT2D eigenvalue weighted by molar-refractivity contribution is -0.118. The first-order valence-corrected chi connectivity index (χ1v) is 9.37. The normalized spacial score (nSPS) is 15.0. The van der Waals surface area contributed by atoms with E-state index in [4.69, 9.17) is 39.2 Å². The molecule has 134 valence electrons. The summed E-state index contributed by atoms with van der Waals surface area (Å²) >= 11 is 18.2. The molecule has 0 aliphatic heterocycles. The first-order chi connectivity index (χ1) is 12.0. The topological polar surface area (TPSA) is 45.5 Å². The fourth-order valence-electron chi connectivity index (χ4n) is 3.21. The van der Waals surface area contributed by atoms with Crippen molar-refractivity contribution in [3.63, 3.8) is 0 Å². The van der Waals surface area contributed by atoms with E-state index in [9.17, 15) is 4.79 Å². The fourth-order valence-corrected chi connectivity index (χ4v) is 4.12. The molecule has 0 bridgehead atoms. The Morgan fingerprint density at radius 2 is 1.88 bits per heavy atom. The number of furan rings is 1. The number of hydrogen-bond acceptors (Lipinski definition) is 3. The number of nitrogens with zero attached hydrogens (tertiary/aromatic N) is 1. The highest BCUT2D eigenvalue weighted by atomic mass is 35.5. The maximum atomic E-state index is 12.6. The Morgan fingerprint density at radius 3 is 2.48 bits per heavy atom. The molecule has 1 aromatic carbocycles. The first kappa shape index (κ1) is 18.6. The van der Waals surface area contributed by atoms with Gasteiger partial charge in [0.05, 0.1) is 35.1 Å². The van der Waals surface area contributed by atoms with Crippen LogP contribution in [-0.2, 0) is 11.3 Å². The second kappa shape index (κ2) is 8.45. The molecular formula is C18H19Cl3N2O2. The van der Waals surface area contributed by atoms with E-state index >= 15 is 0 Å². The van der Waals surface area contributed by atoms with Crippen molar-refractivity contribution in [2.75, 3.05) is 11.9 Å². The number of halogens is 3. The van der Waals surface area contributed by atoms with Crippen LogP contribution in [0.4, 0.5) is 5.69 Å². The molecule has 0 atom stereocenters. The number of carbonyl (C=O) groups is 1. The maximum Gasteiger partial charge on any atom is 0.238 e. The van der Waals surface area contributed by atoms with Crippen molar-refractivity contribution in [2.24, 2.45) is 0 Å². The van der Waals surface area contributed by atoms with Gasteiger partial charge in [-0.15, -0.1) is 0 Å². The summed E-state index contributed by atoms with van der Waals surface area (Å²) in [5, 5.41) is 3.88. The minimum Gasteiger partial charge on any atom is -0.468 e. The quantitative estimate of drug-likeness (QED) is 0.683. The molecule has 1 heterocycles. The highest BCUT2D eigenvalue weighted by Crippen LogP contribution is 2.33. The Bertz CT molecular complexity index is 705. The predicted molar refractivity (Wildman–Crippen MR) is 101 cm³/mol. The van der Waals surface area contributed by atoms with Crippen LogP contribution < -0.4 is 5.32 Å². The summed E-state index contributed by atoms with van der Waals surface area (Å²) in [5.74, 6) is 0.687. The molecule has 1 aliphatic rings. The van der Waals surface area contributed by atoms with E-state index < -0.39 is 0 Å². The molecule has 1 N–H and O–H groups in total. The Hall–Kier alpha value is -1.20. The minimum atomic E-state index is -0.162. The van der Waals surface area contributed by atoms with Crippen LogP contribution in [0.1, 0.15) is 31.4 Å². The van der Waals surface area contributed by atoms with E-state index in [-0.39, 0.29) is 12.5 Å². The number of amides is 1. The van der Waals surface area contributed by atoms with Gasteiger partial charge in [0.25, 0.3) is 0 Å². The van der Waals surface area contributed by atoms with E-state index in [1.807, 2.05) is 12.1 Å². The van der Waals surface area contributed by atoms with Crippen LogP contribution in [0.2, 0.25) is 15.1 Å². The standard InChI is InChI=1S/C18H19Cl3N2O2/c19-12-8-15(20)18(16(21)9-12)22-17(24)11-23(13-4-1-2-5-13)10-14-6-3-7-25-14/h3,6-9,13H,1-2,4-5,10-11H2,(H,22,24). The van der Waals surface area contributed by atoms with Gasteiger partial charge < -0.3 is 9.73 Å². The molecule has 3 rings (SSSR count). The molecule has 4 nitrogen and oxygen atoms in total. The summed E-state index contributed by atoms with van der Waals surface area (Å²) in [5.41, 5.74) is 0.391. The smallest absolute Gasteiger partial charge is 0.238 e. The van der Waals surface area contributed by atoms with Gasteiger partial charge in [-0.3, -0.25) is 9.69 Å². The minimum absolute atomic E-state index is 0.162. The maximum absolute atomic E-state index is 12.6.